The van der Waals surface area contributed by atoms with Crippen molar-refractivity contribution >= 4 is 23.4 Å². The smallest absolute Gasteiger partial charge is 0.407 e. The van der Waals surface area contributed by atoms with Crippen LogP contribution >= 0.6 is 11.3 Å². The average molecular weight is 393 g/mol. The summed E-state index contributed by atoms with van der Waals surface area (Å²) in [6.45, 7) is 0.198. The predicted molar refractivity (Wildman–Crippen MR) is 108 cm³/mol. The number of carbonyl (C=O) groups excluding carboxylic acids is 1. The Morgan fingerprint density at radius 1 is 1.04 bits per heavy atom. The van der Waals surface area contributed by atoms with Gasteiger partial charge >= 0.3 is 12.1 Å². The van der Waals surface area contributed by atoms with Gasteiger partial charge in [0.25, 0.3) is 0 Å². The maximum absolute atomic E-state index is 12.4. The Hall–Kier alpha value is -3.12. The minimum atomic E-state index is -0.977. The van der Waals surface area contributed by atoms with Crippen molar-refractivity contribution in [3.05, 3.63) is 82.0 Å². The molecule has 0 saturated carbocycles. The van der Waals surface area contributed by atoms with E-state index in [4.69, 9.17) is 9.84 Å². The summed E-state index contributed by atoms with van der Waals surface area (Å²) in [5.41, 5.74) is 5.36. The molecule has 0 bridgehead atoms. The van der Waals surface area contributed by atoms with E-state index in [1.165, 1.54) is 11.3 Å². The quantitative estimate of drug-likeness (QED) is 0.631. The highest BCUT2D eigenvalue weighted by atomic mass is 32.1. The number of carbonyl (C=O) groups is 2. The van der Waals surface area contributed by atoms with E-state index in [1.807, 2.05) is 41.1 Å². The lowest BCUT2D eigenvalue weighted by atomic mass is 9.98. The Kier molecular flexibility index (Phi) is 5.12. The van der Waals surface area contributed by atoms with Gasteiger partial charge in [-0.3, -0.25) is 4.79 Å². The lowest BCUT2D eigenvalue weighted by Gasteiger charge is -2.18. The number of carboxylic acid groups (broad SMARTS) is 1. The van der Waals surface area contributed by atoms with Crippen LogP contribution in [0, 0.1) is 0 Å². The van der Waals surface area contributed by atoms with E-state index in [0.717, 1.165) is 27.8 Å². The largest absolute Gasteiger partial charge is 0.481 e. The van der Waals surface area contributed by atoms with Crippen molar-refractivity contribution in [2.75, 3.05) is 6.61 Å². The SMILES string of the molecule is O=C(O)CC(NC(=O)OCC1c2ccccc2-c2ccccc21)c1ccsc1. The molecule has 1 aliphatic carbocycles. The van der Waals surface area contributed by atoms with Crippen molar-refractivity contribution in [3.63, 3.8) is 0 Å². The van der Waals surface area contributed by atoms with Crippen LogP contribution in [0.5, 0.6) is 0 Å². The summed E-state index contributed by atoms with van der Waals surface area (Å²) in [7, 11) is 0. The Morgan fingerprint density at radius 2 is 1.68 bits per heavy atom. The number of ether oxygens (including phenoxy) is 1. The number of benzene rings is 2. The third-order valence-electron chi connectivity index (χ3n) is 4.96. The van der Waals surface area contributed by atoms with Crippen molar-refractivity contribution in [1.29, 1.82) is 0 Å². The number of aliphatic carboxylic acids is 1. The standard InChI is InChI=1S/C22H19NO4S/c24-21(25)11-20(14-9-10-28-13-14)23-22(26)27-12-19-17-7-3-1-5-15(17)16-6-2-4-8-18(16)19/h1-10,13,19-20H,11-12H2,(H,23,26)(H,24,25). The minimum absolute atomic E-state index is 0.0304. The van der Waals surface area contributed by atoms with Crippen LogP contribution in [0.3, 0.4) is 0 Å². The molecule has 0 saturated heterocycles. The van der Waals surface area contributed by atoms with Gasteiger partial charge in [0.1, 0.15) is 6.61 Å². The number of thiophene rings is 1. The molecule has 0 radical (unpaired) electrons. The van der Waals surface area contributed by atoms with E-state index in [0.29, 0.717) is 0 Å². The van der Waals surface area contributed by atoms with Gasteiger partial charge in [-0.05, 0) is 44.6 Å². The van der Waals surface area contributed by atoms with E-state index in [-0.39, 0.29) is 18.9 Å². The van der Waals surface area contributed by atoms with Crippen LogP contribution < -0.4 is 5.32 Å². The van der Waals surface area contributed by atoms with Gasteiger partial charge < -0.3 is 15.2 Å². The molecule has 142 valence electrons. The zero-order valence-corrected chi connectivity index (χ0v) is 15.8. The highest BCUT2D eigenvalue weighted by Crippen LogP contribution is 2.44. The molecule has 1 heterocycles. The molecule has 1 aromatic heterocycles. The topological polar surface area (TPSA) is 75.6 Å². The van der Waals surface area contributed by atoms with Crippen LogP contribution in [0.4, 0.5) is 4.79 Å². The first-order chi connectivity index (χ1) is 13.6. The molecule has 5 nitrogen and oxygen atoms in total. The fraction of sp³-hybridized carbons (Fsp3) is 0.182. The number of carboxylic acids is 1. The Bertz CT molecular complexity index is 954. The number of hydrogen-bond acceptors (Lipinski definition) is 4. The molecule has 4 rings (SSSR count). The van der Waals surface area contributed by atoms with Gasteiger partial charge in [-0.2, -0.15) is 11.3 Å². The summed E-state index contributed by atoms with van der Waals surface area (Å²) < 4.78 is 5.51. The molecule has 28 heavy (non-hydrogen) atoms. The summed E-state index contributed by atoms with van der Waals surface area (Å²) in [4.78, 5) is 23.5. The van der Waals surface area contributed by atoms with Gasteiger partial charge in [0.2, 0.25) is 0 Å². The number of nitrogens with one attached hydrogen (secondary N) is 1. The zero-order chi connectivity index (χ0) is 19.5. The van der Waals surface area contributed by atoms with E-state index < -0.39 is 18.1 Å². The first-order valence-corrected chi connectivity index (χ1v) is 9.93. The summed E-state index contributed by atoms with van der Waals surface area (Å²) >= 11 is 1.46. The summed E-state index contributed by atoms with van der Waals surface area (Å²) in [5, 5.41) is 15.5. The molecule has 1 atom stereocenters. The summed E-state index contributed by atoms with van der Waals surface area (Å²) in [5.74, 6) is -1.01. The second kappa shape index (κ2) is 7.86. The van der Waals surface area contributed by atoms with Crippen LogP contribution in [0.25, 0.3) is 11.1 Å². The highest BCUT2D eigenvalue weighted by Gasteiger charge is 2.29. The lowest BCUT2D eigenvalue weighted by Crippen LogP contribution is -2.31. The van der Waals surface area contributed by atoms with Crippen LogP contribution in [0.1, 0.15) is 35.1 Å². The van der Waals surface area contributed by atoms with Crippen molar-refractivity contribution in [1.82, 2.24) is 5.32 Å². The highest BCUT2D eigenvalue weighted by molar-refractivity contribution is 7.08. The predicted octanol–water partition coefficient (Wildman–Crippen LogP) is 4.80. The first kappa shape index (κ1) is 18.3. The van der Waals surface area contributed by atoms with Gasteiger partial charge in [-0.1, -0.05) is 48.5 Å². The number of hydrogen-bond donors (Lipinski definition) is 2. The Morgan fingerprint density at radius 3 is 2.25 bits per heavy atom. The van der Waals surface area contributed by atoms with Crippen molar-refractivity contribution in [2.24, 2.45) is 0 Å². The molecule has 1 amide bonds. The lowest BCUT2D eigenvalue weighted by molar-refractivity contribution is -0.137. The number of rotatable bonds is 6. The van der Waals surface area contributed by atoms with Gasteiger partial charge in [0.15, 0.2) is 0 Å². The molecular weight excluding hydrogens is 374 g/mol. The van der Waals surface area contributed by atoms with Crippen LogP contribution in [-0.4, -0.2) is 23.8 Å². The van der Waals surface area contributed by atoms with Crippen molar-refractivity contribution in [3.8, 4) is 11.1 Å². The second-order valence-corrected chi connectivity index (χ2v) is 7.46. The monoisotopic (exact) mass is 393 g/mol. The molecule has 0 aliphatic heterocycles. The fourth-order valence-corrected chi connectivity index (χ4v) is 4.40. The summed E-state index contributed by atoms with van der Waals surface area (Å²) in [6.07, 6.45) is -0.805. The van der Waals surface area contributed by atoms with Crippen molar-refractivity contribution < 1.29 is 19.4 Å². The van der Waals surface area contributed by atoms with Crippen molar-refractivity contribution in [2.45, 2.75) is 18.4 Å². The van der Waals surface area contributed by atoms with Crippen LogP contribution in [-0.2, 0) is 9.53 Å². The molecule has 0 fully saturated rings. The molecule has 0 spiro atoms. The second-order valence-electron chi connectivity index (χ2n) is 6.68. The number of amides is 1. The maximum atomic E-state index is 12.4. The third kappa shape index (κ3) is 3.64. The Labute approximate surface area is 166 Å². The maximum Gasteiger partial charge on any atom is 0.407 e. The molecule has 6 heteroatoms. The van der Waals surface area contributed by atoms with E-state index in [9.17, 15) is 9.59 Å². The summed E-state index contributed by atoms with van der Waals surface area (Å²) in [6, 6.07) is 17.4. The average Bonchev–Trinajstić information content (AvgIpc) is 3.32. The Balaban J connectivity index is 1.47. The van der Waals surface area contributed by atoms with Gasteiger partial charge in [-0.25, -0.2) is 4.79 Å². The normalized spacial score (nSPS) is 13.4. The molecule has 1 aliphatic rings. The van der Waals surface area contributed by atoms with E-state index in [2.05, 4.69) is 29.6 Å². The molecule has 2 N–H and O–H groups in total. The van der Waals surface area contributed by atoms with Gasteiger partial charge in [0, 0.05) is 5.92 Å². The molecule has 2 aromatic carbocycles. The van der Waals surface area contributed by atoms with Crippen LogP contribution in [0.2, 0.25) is 0 Å². The van der Waals surface area contributed by atoms with Gasteiger partial charge in [0.05, 0.1) is 12.5 Å². The van der Waals surface area contributed by atoms with E-state index >= 15 is 0 Å². The third-order valence-corrected chi connectivity index (χ3v) is 5.66. The van der Waals surface area contributed by atoms with Gasteiger partial charge in [-0.15, -0.1) is 0 Å². The molecule has 1 unspecified atom stereocenters. The molecule has 3 aromatic rings. The fourth-order valence-electron chi connectivity index (χ4n) is 3.68. The number of alkyl carbamates (subject to hydrolysis) is 1. The molecular formula is C22H19NO4S. The minimum Gasteiger partial charge on any atom is -0.481 e. The van der Waals surface area contributed by atoms with E-state index in [1.54, 1.807) is 0 Å². The first-order valence-electron chi connectivity index (χ1n) is 8.99. The number of fused-ring (bicyclic) bond motifs is 3. The van der Waals surface area contributed by atoms with Crippen LogP contribution in [0.15, 0.2) is 65.4 Å². The zero-order valence-electron chi connectivity index (χ0n) is 15.0.